The van der Waals surface area contributed by atoms with Crippen LogP contribution in [0.2, 0.25) is 5.02 Å². The van der Waals surface area contributed by atoms with Gasteiger partial charge in [0.15, 0.2) is 0 Å². The zero-order chi connectivity index (χ0) is 12.7. The highest BCUT2D eigenvalue weighted by molar-refractivity contribution is 6.31. The first-order valence-electron chi connectivity index (χ1n) is 5.85. The molecule has 1 rings (SSSR count). The Balaban J connectivity index is 2.16. The van der Waals surface area contributed by atoms with Crippen LogP contribution in [0.5, 0.6) is 5.75 Å². The van der Waals surface area contributed by atoms with Crippen LogP contribution >= 0.6 is 11.6 Å². The Morgan fingerprint density at radius 3 is 2.59 bits per heavy atom. The SMILES string of the molecule is Cc1cc(OCCOCC[NH+](C)C)ccc1Cl. The predicted molar refractivity (Wildman–Crippen MR) is 70.2 cm³/mol. The zero-order valence-corrected chi connectivity index (χ0v) is 11.5. The van der Waals surface area contributed by atoms with Crippen LogP contribution in [0.3, 0.4) is 0 Å². The highest BCUT2D eigenvalue weighted by atomic mass is 35.5. The molecule has 1 aromatic rings. The van der Waals surface area contributed by atoms with Crippen molar-refractivity contribution in [2.45, 2.75) is 6.92 Å². The summed E-state index contributed by atoms with van der Waals surface area (Å²) in [6, 6.07) is 5.66. The van der Waals surface area contributed by atoms with E-state index >= 15 is 0 Å². The standard InChI is InChI=1S/C13H20ClNO2/c1-11-10-12(4-5-13(11)14)17-9-8-16-7-6-15(2)3/h4-5,10H,6-9H2,1-3H3/p+1. The Morgan fingerprint density at radius 2 is 1.94 bits per heavy atom. The summed E-state index contributed by atoms with van der Waals surface area (Å²) in [5.41, 5.74) is 1.03. The summed E-state index contributed by atoms with van der Waals surface area (Å²) in [6.45, 7) is 4.94. The molecule has 17 heavy (non-hydrogen) atoms. The summed E-state index contributed by atoms with van der Waals surface area (Å²) >= 11 is 5.93. The van der Waals surface area contributed by atoms with Crippen molar-refractivity contribution >= 4 is 11.6 Å². The number of aryl methyl sites for hydroxylation is 1. The van der Waals surface area contributed by atoms with Crippen molar-refractivity contribution in [2.75, 3.05) is 40.5 Å². The minimum absolute atomic E-state index is 0.573. The van der Waals surface area contributed by atoms with E-state index in [-0.39, 0.29) is 0 Å². The fraction of sp³-hybridized carbons (Fsp3) is 0.538. The average Bonchev–Trinajstić information content (AvgIpc) is 2.27. The lowest BCUT2D eigenvalue weighted by Crippen LogP contribution is -3.06. The topological polar surface area (TPSA) is 22.9 Å². The second kappa shape index (κ2) is 7.54. The van der Waals surface area contributed by atoms with E-state index in [1.165, 1.54) is 4.90 Å². The normalized spacial score (nSPS) is 10.9. The second-order valence-electron chi connectivity index (χ2n) is 4.33. The van der Waals surface area contributed by atoms with Gasteiger partial charge in [0.2, 0.25) is 0 Å². The first-order chi connectivity index (χ1) is 8.09. The van der Waals surface area contributed by atoms with E-state index < -0.39 is 0 Å². The molecule has 0 aliphatic heterocycles. The Bertz CT molecular complexity index is 342. The largest absolute Gasteiger partial charge is 0.491 e. The molecule has 0 spiro atoms. The van der Waals surface area contributed by atoms with Crippen molar-refractivity contribution in [3.05, 3.63) is 28.8 Å². The van der Waals surface area contributed by atoms with Gasteiger partial charge < -0.3 is 14.4 Å². The van der Waals surface area contributed by atoms with Gasteiger partial charge in [0.1, 0.15) is 18.9 Å². The molecule has 0 heterocycles. The number of likely N-dealkylation sites (N-methyl/N-ethyl adjacent to an activating group) is 1. The van der Waals surface area contributed by atoms with Crippen LogP contribution in [-0.2, 0) is 4.74 Å². The highest BCUT2D eigenvalue weighted by Crippen LogP contribution is 2.20. The number of rotatable bonds is 7. The number of nitrogens with one attached hydrogen (secondary N) is 1. The summed E-state index contributed by atoms with van der Waals surface area (Å²) in [4.78, 5) is 1.39. The van der Waals surface area contributed by atoms with Gasteiger partial charge in [-0.2, -0.15) is 0 Å². The fourth-order valence-corrected chi connectivity index (χ4v) is 1.42. The molecule has 0 radical (unpaired) electrons. The molecule has 1 N–H and O–H groups in total. The molecule has 0 saturated carbocycles. The smallest absolute Gasteiger partial charge is 0.119 e. The quantitative estimate of drug-likeness (QED) is 0.743. The first kappa shape index (κ1) is 14.3. The Hall–Kier alpha value is -0.770. The Kier molecular flexibility index (Phi) is 6.34. The maximum Gasteiger partial charge on any atom is 0.119 e. The number of hydrogen-bond donors (Lipinski definition) is 1. The van der Waals surface area contributed by atoms with Crippen LogP contribution < -0.4 is 9.64 Å². The first-order valence-corrected chi connectivity index (χ1v) is 6.23. The van der Waals surface area contributed by atoms with Crippen molar-refractivity contribution in [2.24, 2.45) is 0 Å². The summed E-state index contributed by atoms with van der Waals surface area (Å²) in [5, 5.41) is 0.766. The second-order valence-corrected chi connectivity index (χ2v) is 4.74. The molecule has 0 fully saturated rings. The molecule has 0 aliphatic carbocycles. The molecule has 1 aromatic carbocycles. The molecule has 4 heteroatoms. The molecule has 0 amide bonds. The van der Waals surface area contributed by atoms with Gasteiger partial charge in [-0.25, -0.2) is 0 Å². The molecule has 96 valence electrons. The van der Waals surface area contributed by atoms with Gasteiger partial charge in [0, 0.05) is 5.02 Å². The predicted octanol–water partition coefficient (Wildman–Crippen LogP) is 1.19. The lowest BCUT2D eigenvalue weighted by atomic mass is 10.2. The van der Waals surface area contributed by atoms with E-state index in [0.717, 1.165) is 29.5 Å². The van der Waals surface area contributed by atoms with Crippen molar-refractivity contribution in [1.29, 1.82) is 0 Å². The summed E-state index contributed by atoms with van der Waals surface area (Å²) in [7, 11) is 4.21. The maximum absolute atomic E-state index is 5.93. The molecule has 0 atom stereocenters. The molecule has 0 unspecified atom stereocenters. The van der Waals surface area contributed by atoms with Crippen LogP contribution in [0.25, 0.3) is 0 Å². The van der Waals surface area contributed by atoms with E-state index in [9.17, 15) is 0 Å². The van der Waals surface area contributed by atoms with Crippen LogP contribution in [0.1, 0.15) is 5.56 Å². The third kappa shape index (κ3) is 5.91. The van der Waals surface area contributed by atoms with E-state index in [0.29, 0.717) is 13.2 Å². The summed E-state index contributed by atoms with van der Waals surface area (Å²) < 4.78 is 11.0. The summed E-state index contributed by atoms with van der Waals surface area (Å²) in [5.74, 6) is 0.841. The van der Waals surface area contributed by atoms with Crippen LogP contribution in [0.4, 0.5) is 0 Å². The van der Waals surface area contributed by atoms with E-state index in [4.69, 9.17) is 21.1 Å². The highest BCUT2D eigenvalue weighted by Gasteiger charge is 1.99. The number of quaternary nitrogens is 1. The van der Waals surface area contributed by atoms with Gasteiger partial charge in [-0.1, -0.05) is 11.6 Å². The summed E-state index contributed by atoms with van der Waals surface area (Å²) in [6.07, 6.45) is 0. The minimum atomic E-state index is 0.573. The molecule has 0 bridgehead atoms. The maximum atomic E-state index is 5.93. The van der Waals surface area contributed by atoms with E-state index in [1.54, 1.807) is 0 Å². The Morgan fingerprint density at radius 1 is 1.18 bits per heavy atom. The van der Waals surface area contributed by atoms with Crippen LogP contribution in [0.15, 0.2) is 18.2 Å². The molecular formula is C13H21ClNO2+. The molecule has 0 aliphatic rings. The lowest BCUT2D eigenvalue weighted by molar-refractivity contribution is -0.858. The van der Waals surface area contributed by atoms with Crippen molar-refractivity contribution in [3.8, 4) is 5.75 Å². The number of ether oxygens (including phenoxy) is 2. The molecule has 3 nitrogen and oxygen atoms in total. The van der Waals surface area contributed by atoms with E-state index in [1.807, 2.05) is 25.1 Å². The number of benzene rings is 1. The Labute approximate surface area is 108 Å². The van der Waals surface area contributed by atoms with Gasteiger partial charge in [-0.05, 0) is 30.7 Å². The fourth-order valence-electron chi connectivity index (χ4n) is 1.30. The lowest BCUT2D eigenvalue weighted by Gasteiger charge is -2.09. The number of hydrogen-bond acceptors (Lipinski definition) is 2. The van der Waals surface area contributed by atoms with Crippen LogP contribution in [0, 0.1) is 6.92 Å². The van der Waals surface area contributed by atoms with E-state index in [2.05, 4.69) is 14.1 Å². The van der Waals surface area contributed by atoms with Gasteiger partial charge >= 0.3 is 0 Å². The molecule has 0 aromatic heterocycles. The monoisotopic (exact) mass is 258 g/mol. The third-order valence-corrected chi connectivity index (χ3v) is 2.80. The van der Waals surface area contributed by atoms with Gasteiger partial charge in [-0.15, -0.1) is 0 Å². The van der Waals surface area contributed by atoms with Crippen molar-refractivity contribution in [1.82, 2.24) is 0 Å². The molecular weight excluding hydrogens is 238 g/mol. The zero-order valence-electron chi connectivity index (χ0n) is 10.8. The average molecular weight is 259 g/mol. The van der Waals surface area contributed by atoms with Gasteiger partial charge in [0.25, 0.3) is 0 Å². The molecule has 0 saturated heterocycles. The van der Waals surface area contributed by atoms with Gasteiger partial charge in [-0.3, -0.25) is 0 Å². The van der Waals surface area contributed by atoms with Gasteiger partial charge in [0.05, 0.1) is 27.3 Å². The minimum Gasteiger partial charge on any atom is -0.491 e. The third-order valence-electron chi connectivity index (χ3n) is 2.37. The van der Waals surface area contributed by atoms with Crippen molar-refractivity contribution in [3.63, 3.8) is 0 Å². The van der Waals surface area contributed by atoms with Crippen molar-refractivity contribution < 1.29 is 14.4 Å². The number of halogens is 1. The van der Waals surface area contributed by atoms with Crippen LogP contribution in [-0.4, -0.2) is 40.5 Å².